The van der Waals surface area contributed by atoms with Gasteiger partial charge in [-0.25, -0.2) is 0 Å². The molecule has 1 atom stereocenters. The highest BCUT2D eigenvalue weighted by Gasteiger charge is 2.21. The van der Waals surface area contributed by atoms with Gasteiger partial charge in [0, 0.05) is 11.8 Å². The topological polar surface area (TPSA) is 34.2 Å². The Hall–Kier alpha value is -1.87. The highest BCUT2D eigenvalue weighted by molar-refractivity contribution is 5.49. The first kappa shape index (κ1) is 15.5. The molecule has 21 heavy (non-hydrogen) atoms. The summed E-state index contributed by atoms with van der Waals surface area (Å²) in [5.74, 6) is 0.946. The first-order chi connectivity index (χ1) is 10.1. The van der Waals surface area contributed by atoms with E-state index in [0.29, 0.717) is 0 Å². The van der Waals surface area contributed by atoms with Gasteiger partial charge in [0.2, 0.25) is 0 Å². The molecule has 1 aromatic heterocycles. The van der Waals surface area contributed by atoms with Crippen LogP contribution in [0.25, 0.3) is 0 Å². The van der Waals surface area contributed by atoms with Crippen LogP contribution in [0.4, 0.5) is 0 Å². The molecule has 112 valence electrons. The van der Waals surface area contributed by atoms with E-state index in [1.807, 2.05) is 19.3 Å². The lowest BCUT2D eigenvalue weighted by Crippen LogP contribution is -2.21. The van der Waals surface area contributed by atoms with E-state index in [1.165, 1.54) is 16.7 Å². The Morgan fingerprint density at radius 3 is 2.62 bits per heavy atom. The quantitative estimate of drug-likeness (QED) is 0.911. The molecular formula is C18H24N2O. The van der Waals surface area contributed by atoms with Crippen molar-refractivity contribution in [2.45, 2.75) is 33.2 Å². The van der Waals surface area contributed by atoms with Gasteiger partial charge in [0.1, 0.15) is 5.75 Å². The van der Waals surface area contributed by atoms with Gasteiger partial charge in [-0.2, -0.15) is 0 Å². The van der Waals surface area contributed by atoms with Gasteiger partial charge in [0.25, 0.3) is 0 Å². The third kappa shape index (κ3) is 2.93. The van der Waals surface area contributed by atoms with Crippen LogP contribution >= 0.6 is 0 Å². The van der Waals surface area contributed by atoms with E-state index in [9.17, 15) is 0 Å². The lowest BCUT2D eigenvalue weighted by Gasteiger charge is -2.23. The minimum absolute atomic E-state index is 0.0374. The van der Waals surface area contributed by atoms with Crippen LogP contribution in [0.2, 0.25) is 0 Å². The van der Waals surface area contributed by atoms with E-state index in [4.69, 9.17) is 4.74 Å². The van der Waals surface area contributed by atoms with Gasteiger partial charge < -0.3 is 10.1 Å². The summed E-state index contributed by atoms with van der Waals surface area (Å²) < 4.78 is 5.67. The number of rotatable bonds is 5. The molecule has 1 N–H and O–H groups in total. The summed E-state index contributed by atoms with van der Waals surface area (Å²) >= 11 is 0. The van der Waals surface area contributed by atoms with Crippen LogP contribution in [-0.2, 0) is 6.42 Å². The van der Waals surface area contributed by atoms with Crippen LogP contribution in [0.5, 0.6) is 5.75 Å². The Labute approximate surface area is 127 Å². The number of ether oxygens (including phenoxy) is 1. The predicted molar refractivity (Wildman–Crippen MR) is 87.0 cm³/mol. The van der Waals surface area contributed by atoms with Crippen molar-refractivity contribution in [1.82, 2.24) is 10.3 Å². The molecule has 0 amide bonds. The molecule has 0 aliphatic heterocycles. The van der Waals surface area contributed by atoms with Gasteiger partial charge in [0.15, 0.2) is 0 Å². The molecule has 0 saturated heterocycles. The number of pyridine rings is 1. The summed E-state index contributed by atoms with van der Waals surface area (Å²) in [5, 5.41) is 3.39. The highest BCUT2D eigenvalue weighted by Crippen LogP contribution is 2.34. The summed E-state index contributed by atoms with van der Waals surface area (Å²) in [6, 6.07) is 8.45. The number of nitrogens with one attached hydrogen (secondary N) is 1. The number of aromatic nitrogens is 1. The molecule has 0 radical (unpaired) electrons. The van der Waals surface area contributed by atoms with Crippen molar-refractivity contribution < 1.29 is 4.74 Å². The number of aryl methyl sites for hydroxylation is 2. The fraction of sp³-hybridized carbons (Fsp3) is 0.389. The summed E-state index contributed by atoms with van der Waals surface area (Å²) in [7, 11) is 3.70. The smallest absolute Gasteiger partial charge is 0.127 e. The highest BCUT2D eigenvalue weighted by atomic mass is 16.5. The molecule has 0 spiro atoms. The van der Waals surface area contributed by atoms with Crippen molar-refractivity contribution >= 4 is 0 Å². The molecule has 3 nitrogen and oxygen atoms in total. The lowest BCUT2D eigenvalue weighted by molar-refractivity contribution is 0.401. The van der Waals surface area contributed by atoms with Crippen LogP contribution in [0.1, 0.15) is 40.9 Å². The zero-order valence-electron chi connectivity index (χ0n) is 13.5. The molecular weight excluding hydrogens is 260 g/mol. The van der Waals surface area contributed by atoms with Crippen LogP contribution < -0.4 is 10.1 Å². The van der Waals surface area contributed by atoms with Gasteiger partial charge in [-0.3, -0.25) is 4.98 Å². The molecule has 3 heteroatoms. The van der Waals surface area contributed by atoms with E-state index >= 15 is 0 Å². The van der Waals surface area contributed by atoms with Gasteiger partial charge in [-0.15, -0.1) is 0 Å². The number of methoxy groups -OCH3 is 1. The predicted octanol–water partition coefficient (Wildman–Crippen LogP) is 3.58. The van der Waals surface area contributed by atoms with Crippen molar-refractivity contribution in [3.63, 3.8) is 0 Å². The minimum Gasteiger partial charge on any atom is -0.496 e. The average molecular weight is 284 g/mol. The number of hydrogen-bond acceptors (Lipinski definition) is 3. The van der Waals surface area contributed by atoms with Gasteiger partial charge >= 0.3 is 0 Å². The molecule has 1 aromatic carbocycles. The number of nitrogens with zero attached hydrogens (tertiary/aromatic N) is 1. The number of hydrogen-bond donors (Lipinski definition) is 1. The monoisotopic (exact) mass is 284 g/mol. The van der Waals surface area contributed by atoms with Gasteiger partial charge in [-0.05, 0) is 50.1 Å². The zero-order valence-corrected chi connectivity index (χ0v) is 13.5. The van der Waals surface area contributed by atoms with Crippen molar-refractivity contribution in [3.05, 3.63) is 58.4 Å². The fourth-order valence-corrected chi connectivity index (χ4v) is 2.76. The third-order valence-electron chi connectivity index (χ3n) is 4.09. The molecule has 0 bridgehead atoms. The van der Waals surface area contributed by atoms with Crippen LogP contribution in [0, 0.1) is 13.8 Å². The summed E-state index contributed by atoms with van der Waals surface area (Å²) in [6.45, 7) is 6.36. The van der Waals surface area contributed by atoms with Crippen molar-refractivity contribution in [2.24, 2.45) is 0 Å². The molecule has 0 aliphatic rings. The standard InChI is InChI=1S/C18H24N2O/c1-6-14-8-7-11-20-16(14)17(19-4)15-10-9-12(2)13(3)18(15)21-5/h7-11,17,19H,6H2,1-5H3. The van der Waals surface area contributed by atoms with Crippen LogP contribution in [-0.4, -0.2) is 19.1 Å². The maximum atomic E-state index is 5.67. The Morgan fingerprint density at radius 2 is 2.00 bits per heavy atom. The van der Waals surface area contributed by atoms with Gasteiger partial charge in [-0.1, -0.05) is 25.1 Å². The first-order valence-corrected chi connectivity index (χ1v) is 7.39. The van der Waals surface area contributed by atoms with E-state index in [1.54, 1.807) is 7.11 Å². The van der Waals surface area contributed by atoms with Crippen LogP contribution in [0.15, 0.2) is 30.5 Å². The summed E-state index contributed by atoms with van der Waals surface area (Å²) in [4.78, 5) is 4.61. The largest absolute Gasteiger partial charge is 0.496 e. The normalized spacial score (nSPS) is 12.2. The van der Waals surface area contributed by atoms with Gasteiger partial charge in [0.05, 0.1) is 18.8 Å². The molecule has 1 unspecified atom stereocenters. The first-order valence-electron chi connectivity index (χ1n) is 7.39. The second kappa shape index (κ2) is 6.72. The average Bonchev–Trinajstić information content (AvgIpc) is 2.52. The lowest BCUT2D eigenvalue weighted by atomic mass is 9.94. The second-order valence-corrected chi connectivity index (χ2v) is 5.25. The van der Waals surface area contributed by atoms with Crippen molar-refractivity contribution in [1.29, 1.82) is 0 Å². The molecule has 2 aromatic rings. The summed E-state index contributed by atoms with van der Waals surface area (Å²) in [6.07, 6.45) is 2.82. The number of benzene rings is 1. The van der Waals surface area contributed by atoms with Crippen LogP contribution in [0.3, 0.4) is 0 Å². The van der Waals surface area contributed by atoms with Crippen molar-refractivity contribution in [2.75, 3.05) is 14.2 Å². The molecule has 0 fully saturated rings. The second-order valence-electron chi connectivity index (χ2n) is 5.25. The van der Waals surface area contributed by atoms with Crippen molar-refractivity contribution in [3.8, 4) is 5.75 Å². The Kier molecular flexibility index (Phi) is 4.97. The maximum Gasteiger partial charge on any atom is 0.127 e. The maximum absolute atomic E-state index is 5.67. The Balaban J connectivity index is 2.59. The molecule has 0 aliphatic carbocycles. The van der Waals surface area contributed by atoms with E-state index in [2.05, 4.69) is 49.3 Å². The van der Waals surface area contributed by atoms with E-state index in [0.717, 1.165) is 23.4 Å². The Morgan fingerprint density at radius 1 is 1.24 bits per heavy atom. The van der Waals surface area contributed by atoms with E-state index in [-0.39, 0.29) is 6.04 Å². The SMILES string of the molecule is CCc1cccnc1C(NC)c1ccc(C)c(C)c1OC. The third-order valence-corrected chi connectivity index (χ3v) is 4.09. The van der Waals surface area contributed by atoms with E-state index < -0.39 is 0 Å². The molecule has 2 rings (SSSR count). The zero-order chi connectivity index (χ0) is 15.4. The molecule has 1 heterocycles. The minimum atomic E-state index is 0.0374. The molecule has 0 saturated carbocycles. The fourth-order valence-electron chi connectivity index (χ4n) is 2.76. The summed E-state index contributed by atoms with van der Waals surface area (Å²) in [5.41, 5.74) is 5.89. The Bertz CT molecular complexity index is 623.